The Bertz CT molecular complexity index is 1090. The van der Waals surface area contributed by atoms with Gasteiger partial charge in [0.05, 0.1) is 22.0 Å². The van der Waals surface area contributed by atoms with Crippen LogP contribution < -0.4 is 5.56 Å². The molecule has 2 aliphatic rings. The monoisotopic (exact) mass is 419 g/mol. The van der Waals surface area contributed by atoms with E-state index in [2.05, 4.69) is 0 Å². The summed E-state index contributed by atoms with van der Waals surface area (Å²) >= 11 is 0. The molecule has 1 aromatic carbocycles. The van der Waals surface area contributed by atoms with E-state index in [1.165, 1.54) is 34.6 Å². The molecule has 9 nitrogen and oxygen atoms in total. The van der Waals surface area contributed by atoms with Crippen molar-refractivity contribution in [2.75, 3.05) is 13.1 Å². The number of pyridine rings is 1. The van der Waals surface area contributed by atoms with Crippen LogP contribution in [0.15, 0.2) is 52.3 Å². The molecular formula is C19H21N3O6S. The maximum Gasteiger partial charge on any atom is 0.269 e. The number of non-ortho nitro benzene ring substituents is 1. The normalized spacial score (nSPS) is 23.1. The Labute approximate surface area is 167 Å². The second-order valence-electron chi connectivity index (χ2n) is 7.45. The number of nitro groups is 1. The molecule has 1 saturated heterocycles. The molecule has 4 rings (SSSR count). The number of benzene rings is 1. The zero-order valence-electron chi connectivity index (χ0n) is 15.8. The van der Waals surface area contributed by atoms with Crippen molar-refractivity contribution in [2.45, 2.75) is 42.9 Å². The van der Waals surface area contributed by atoms with E-state index >= 15 is 0 Å². The SMILES string of the molecule is C[C@@H]1CN(S(=O)(=O)c2ccc([N+](=O)[O-])cc2)C[C@H](c2ccc(=O)n(C3CC3)c2)O1. The topological polar surface area (TPSA) is 112 Å². The first-order valence-electron chi connectivity index (χ1n) is 9.38. The minimum Gasteiger partial charge on any atom is -0.368 e. The van der Waals surface area contributed by atoms with Gasteiger partial charge in [-0.1, -0.05) is 0 Å². The predicted molar refractivity (Wildman–Crippen MR) is 104 cm³/mol. The van der Waals surface area contributed by atoms with Gasteiger partial charge in [0.2, 0.25) is 10.0 Å². The molecule has 0 unspecified atom stereocenters. The molecule has 0 amide bonds. The third-order valence-corrected chi connectivity index (χ3v) is 7.03. The molecule has 1 aromatic heterocycles. The third-order valence-electron chi connectivity index (χ3n) is 5.19. The van der Waals surface area contributed by atoms with Gasteiger partial charge in [0.15, 0.2) is 0 Å². The fraction of sp³-hybridized carbons (Fsp3) is 0.421. The molecule has 2 atom stereocenters. The van der Waals surface area contributed by atoms with Crippen LogP contribution in [0, 0.1) is 10.1 Å². The van der Waals surface area contributed by atoms with Crippen LogP contribution in [-0.2, 0) is 14.8 Å². The Balaban J connectivity index is 1.61. The zero-order valence-corrected chi connectivity index (χ0v) is 16.6. The first-order chi connectivity index (χ1) is 13.8. The van der Waals surface area contributed by atoms with Gasteiger partial charge in [0, 0.05) is 43.5 Å². The van der Waals surface area contributed by atoms with Crippen molar-refractivity contribution in [3.05, 3.63) is 68.6 Å². The number of hydrogen-bond acceptors (Lipinski definition) is 6. The van der Waals surface area contributed by atoms with Gasteiger partial charge in [-0.05, 0) is 43.5 Å². The van der Waals surface area contributed by atoms with Gasteiger partial charge in [-0.3, -0.25) is 14.9 Å². The quantitative estimate of drug-likeness (QED) is 0.543. The van der Waals surface area contributed by atoms with Crippen molar-refractivity contribution in [2.24, 2.45) is 0 Å². The van der Waals surface area contributed by atoms with Crippen molar-refractivity contribution >= 4 is 15.7 Å². The molecule has 1 saturated carbocycles. The van der Waals surface area contributed by atoms with Gasteiger partial charge in [0.1, 0.15) is 0 Å². The van der Waals surface area contributed by atoms with Crippen LogP contribution in [0.3, 0.4) is 0 Å². The lowest BCUT2D eigenvalue weighted by Crippen LogP contribution is -2.46. The number of hydrogen-bond donors (Lipinski definition) is 0. The van der Waals surface area contributed by atoms with E-state index in [0.717, 1.165) is 18.4 Å². The molecule has 2 aromatic rings. The molecule has 0 radical (unpaired) electrons. The van der Waals surface area contributed by atoms with Crippen LogP contribution in [0.25, 0.3) is 0 Å². The fourth-order valence-corrected chi connectivity index (χ4v) is 5.05. The molecule has 0 N–H and O–H groups in total. The smallest absolute Gasteiger partial charge is 0.269 e. The number of nitro benzene ring substituents is 1. The van der Waals surface area contributed by atoms with E-state index in [4.69, 9.17) is 4.74 Å². The summed E-state index contributed by atoms with van der Waals surface area (Å²) in [7, 11) is -3.84. The highest BCUT2D eigenvalue weighted by Crippen LogP contribution is 2.35. The highest BCUT2D eigenvalue weighted by atomic mass is 32.2. The largest absolute Gasteiger partial charge is 0.368 e. The van der Waals surface area contributed by atoms with E-state index in [9.17, 15) is 23.3 Å². The maximum atomic E-state index is 13.1. The molecule has 1 aliphatic heterocycles. The van der Waals surface area contributed by atoms with Crippen LogP contribution in [0.1, 0.15) is 37.5 Å². The number of aromatic nitrogens is 1. The van der Waals surface area contributed by atoms with Crippen molar-refractivity contribution in [1.82, 2.24) is 8.87 Å². The van der Waals surface area contributed by atoms with Gasteiger partial charge < -0.3 is 9.30 Å². The van der Waals surface area contributed by atoms with Gasteiger partial charge >= 0.3 is 0 Å². The summed E-state index contributed by atoms with van der Waals surface area (Å²) in [6.45, 7) is 2.08. The molecule has 154 valence electrons. The molecule has 2 fully saturated rings. The Morgan fingerprint density at radius 2 is 1.79 bits per heavy atom. The second kappa shape index (κ2) is 7.36. The first kappa shape index (κ1) is 19.7. The van der Waals surface area contributed by atoms with Crippen LogP contribution in [0.4, 0.5) is 5.69 Å². The van der Waals surface area contributed by atoms with E-state index in [-0.39, 0.29) is 41.4 Å². The van der Waals surface area contributed by atoms with Gasteiger partial charge in [-0.25, -0.2) is 8.42 Å². The molecular weight excluding hydrogens is 398 g/mol. The van der Waals surface area contributed by atoms with Gasteiger partial charge in [0.25, 0.3) is 11.2 Å². The highest BCUT2D eigenvalue weighted by Gasteiger charge is 2.35. The molecule has 2 heterocycles. The van der Waals surface area contributed by atoms with Crippen molar-refractivity contribution in [3.63, 3.8) is 0 Å². The second-order valence-corrected chi connectivity index (χ2v) is 9.39. The number of nitrogens with zero attached hydrogens (tertiary/aromatic N) is 3. The summed E-state index contributed by atoms with van der Waals surface area (Å²) in [5.74, 6) is 0. The van der Waals surface area contributed by atoms with E-state index in [0.29, 0.717) is 0 Å². The number of morpholine rings is 1. The molecule has 1 aliphatic carbocycles. The number of ether oxygens (including phenoxy) is 1. The average molecular weight is 419 g/mol. The van der Waals surface area contributed by atoms with E-state index in [1.807, 2.05) is 0 Å². The lowest BCUT2D eigenvalue weighted by Gasteiger charge is -2.36. The van der Waals surface area contributed by atoms with Crippen molar-refractivity contribution < 1.29 is 18.1 Å². The van der Waals surface area contributed by atoms with E-state index < -0.39 is 21.1 Å². The van der Waals surface area contributed by atoms with E-state index in [1.54, 1.807) is 23.8 Å². The Kier molecular flexibility index (Phi) is 5.01. The van der Waals surface area contributed by atoms with Crippen LogP contribution in [0.2, 0.25) is 0 Å². The maximum absolute atomic E-state index is 13.1. The van der Waals surface area contributed by atoms with Crippen LogP contribution in [-0.4, -0.2) is 41.4 Å². The summed E-state index contributed by atoms with van der Waals surface area (Å²) in [4.78, 5) is 22.3. The molecule has 0 spiro atoms. The Hall–Kier alpha value is -2.56. The van der Waals surface area contributed by atoms with Crippen LogP contribution >= 0.6 is 0 Å². The van der Waals surface area contributed by atoms with Gasteiger partial charge in [-0.2, -0.15) is 4.31 Å². The average Bonchev–Trinajstić information content (AvgIpc) is 3.53. The predicted octanol–water partition coefficient (Wildman–Crippen LogP) is 2.24. The molecule has 10 heteroatoms. The zero-order chi connectivity index (χ0) is 20.8. The van der Waals surface area contributed by atoms with Crippen molar-refractivity contribution in [1.29, 1.82) is 0 Å². The summed E-state index contributed by atoms with van der Waals surface area (Å²) < 4.78 is 35.1. The summed E-state index contributed by atoms with van der Waals surface area (Å²) in [6, 6.07) is 8.24. The third kappa shape index (κ3) is 3.96. The first-order valence-corrected chi connectivity index (χ1v) is 10.8. The standard InChI is InChI=1S/C19H21N3O6S/c1-13-10-20(29(26,27)17-7-5-16(6-8-17)22(24)25)12-18(28-13)14-2-9-19(23)21(11-14)15-3-4-15/h2,5-9,11,13,15,18H,3-4,10,12H2,1H3/t13-,18-/m1/s1. The molecule has 0 bridgehead atoms. The summed E-state index contributed by atoms with van der Waals surface area (Å²) in [5, 5.41) is 10.8. The Morgan fingerprint density at radius 3 is 2.41 bits per heavy atom. The summed E-state index contributed by atoms with van der Waals surface area (Å²) in [5.41, 5.74) is 0.516. The minimum absolute atomic E-state index is 0.00102. The van der Waals surface area contributed by atoms with Gasteiger partial charge in [-0.15, -0.1) is 0 Å². The van der Waals surface area contributed by atoms with Crippen LogP contribution in [0.5, 0.6) is 0 Å². The lowest BCUT2D eigenvalue weighted by molar-refractivity contribution is -0.384. The number of sulfonamides is 1. The fourth-order valence-electron chi connectivity index (χ4n) is 3.53. The summed E-state index contributed by atoms with van der Waals surface area (Å²) in [6.07, 6.45) is 2.84. The molecule has 29 heavy (non-hydrogen) atoms. The lowest BCUT2D eigenvalue weighted by atomic mass is 10.1. The highest BCUT2D eigenvalue weighted by molar-refractivity contribution is 7.89. The number of rotatable bonds is 5. The minimum atomic E-state index is -3.84. The van der Waals surface area contributed by atoms with Crippen molar-refractivity contribution in [3.8, 4) is 0 Å². The Morgan fingerprint density at radius 1 is 1.10 bits per heavy atom.